The van der Waals surface area contributed by atoms with Gasteiger partial charge in [0.2, 0.25) is 5.95 Å². The van der Waals surface area contributed by atoms with Crippen molar-refractivity contribution in [2.24, 2.45) is 0 Å². The van der Waals surface area contributed by atoms with Crippen LogP contribution < -0.4 is 5.73 Å². The number of nitrogens with two attached hydrogens (primary N) is 1. The number of halogens is 3. The number of nitrogen functional groups attached to an aromatic ring is 1. The van der Waals surface area contributed by atoms with Gasteiger partial charge in [-0.05, 0) is 25.1 Å². The van der Waals surface area contributed by atoms with Crippen molar-refractivity contribution in [3.05, 3.63) is 77.3 Å². The van der Waals surface area contributed by atoms with Gasteiger partial charge in [0.05, 0.1) is 35.0 Å². The van der Waals surface area contributed by atoms with Crippen molar-refractivity contribution < 1.29 is 17.6 Å². The fraction of sp³-hybridized carbons (Fsp3) is 0.130. The molecule has 0 aliphatic heterocycles. The molecule has 2 N–H and O–H groups in total. The summed E-state index contributed by atoms with van der Waals surface area (Å²) in [5.74, 6) is 0.496. The van der Waals surface area contributed by atoms with Gasteiger partial charge in [-0.15, -0.1) is 5.10 Å². The minimum atomic E-state index is -4.57. The fourth-order valence-electron chi connectivity index (χ4n) is 3.71. The summed E-state index contributed by atoms with van der Waals surface area (Å²) in [5.41, 5.74) is 7.70. The fourth-order valence-corrected chi connectivity index (χ4v) is 3.71. The van der Waals surface area contributed by atoms with E-state index in [2.05, 4.69) is 31.1 Å². The highest BCUT2D eigenvalue weighted by Crippen LogP contribution is 2.37. The normalized spacial score (nSPS) is 11.6. The Balaban J connectivity index is 1.72. The maximum atomic E-state index is 13.1. The van der Waals surface area contributed by atoms with E-state index in [1.54, 1.807) is 31.2 Å². The van der Waals surface area contributed by atoms with Gasteiger partial charge in [-0.25, -0.2) is 19.9 Å². The van der Waals surface area contributed by atoms with E-state index in [0.717, 1.165) is 6.07 Å². The molecular weight excluding hydrogens is 461 g/mol. The Bertz CT molecular complexity index is 1610. The van der Waals surface area contributed by atoms with Gasteiger partial charge in [0, 0.05) is 11.3 Å². The highest BCUT2D eigenvalue weighted by Gasteiger charge is 2.32. The van der Waals surface area contributed by atoms with Crippen molar-refractivity contribution >= 4 is 11.6 Å². The van der Waals surface area contributed by atoms with Gasteiger partial charge in [-0.1, -0.05) is 24.3 Å². The highest BCUT2D eigenvalue weighted by molar-refractivity contribution is 5.90. The molecule has 4 aromatic heterocycles. The van der Waals surface area contributed by atoms with Crippen LogP contribution in [0, 0.1) is 18.3 Å². The SMILES string of the molecule is Cc1ncoc1-c1c(-c2ccccc2C#N)nc(N)n2nc(Cc3cccc(C(F)(F)F)n3)nc12. The molecule has 0 saturated heterocycles. The molecule has 0 saturated carbocycles. The lowest BCUT2D eigenvalue weighted by Crippen LogP contribution is -2.09. The van der Waals surface area contributed by atoms with Gasteiger partial charge in [-0.2, -0.15) is 22.9 Å². The Morgan fingerprint density at radius 2 is 1.89 bits per heavy atom. The molecule has 0 spiro atoms. The molecule has 0 unspecified atom stereocenters. The monoisotopic (exact) mass is 476 g/mol. The zero-order valence-corrected chi connectivity index (χ0v) is 18.1. The number of alkyl halides is 3. The summed E-state index contributed by atoms with van der Waals surface area (Å²) in [6.07, 6.45) is -3.39. The number of anilines is 1. The lowest BCUT2D eigenvalue weighted by atomic mass is 9.99. The quantitative estimate of drug-likeness (QED) is 0.408. The van der Waals surface area contributed by atoms with Crippen molar-refractivity contribution in [3.8, 4) is 28.7 Å². The number of oxazole rings is 1. The number of benzene rings is 1. The number of nitriles is 1. The second kappa shape index (κ2) is 8.21. The number of rotatable bonds is 4. The average Bonchev–Trinajstić information content (AvgIpc) is 3.45. The van der Waals surface area contributed by atoms with Crippen LogP contribution in [-0.4, -0.2) is 29.5 Å². The highest BCUT2D eigenvalue weighted by atomic mass is 19.4. The Hall–Kier alpha value is -4.79. The third-order valence-corrected chi connectivity index (χ3v) is 5.27. The molecule has 5 rings (SSSR count). The first-order chi connectivity index (χ1) is 16.8. The number of aryl methyl sites for hydroxylation is 1. The number of pyridine rings is 1. The summed E-state index contributed by atoms with van der Waals surface area (Å²) in [5, 5.41) is 14.0. The van der Waals surface area contributed by atoms with E-state index in [4.69, 9.17) is 10.2 Å². The van der Waals surface area contributed by atoms with E-state index in [9.17, 15) is 18.4 Å². The maximum absolute atomic E-state index is 13.1. The summed E-state index contributed by atoms with van der Waals surface area (Å²) in [4.78, 5) is 16.8. The summed E-state index contributed by atoms with van der Waals surface area (Å²) in [6.45, 7) is 1.73. The third-order valence-electron chi connectivity index (χ3n) is 5.27. The van der Waals surface area contributed by atoms with Gasteiger partial charge >= 0.3 is 6.18 Å². The van der Waals surface area contributed by atoms with Crippen LogP contribution in [0.15, 0.2) is 53.3 Å². The lowest BCUT2D eigenvalue weighted by molar-refractivity contribution is -0.141. The Morgan fingerprint density at radius 1 is 1.09 bits per heavy atom. The first kappa shape index (κ1) is 22.0. The molecule has 174 valence electrons. The van der Waals surface area contributed by atoms with E-state index < -0.39 is 11.9 Å². The number of hydrogen-bond donors (Lipinski definition) is 1. The van der Waals surface area contributed by atoms with Crippen molar-refractivity contribution in [1.29, 1.82) is 5.26 Å². The second-order valence-corrected chi connectivity index (χ2v) is 7.57. The van der Waals surface area contributed by atoms with Crippen LogP contribution in [0.5, 0.6) is 0 Å². The van der Waals surface area contributed by atoms with Crippen molar-refractivity contribution in [3.63, 3.8) is 0 Å². The van der Waals surface area contributed by atoms with Crippen LogP contribution in [0.2, 0.25) is 0 Å². The van der Waals surface area contributed by atoms with Crippen LogP contribution in [0.1, 0.15) is 28.5 Å². The third kappa shape index (κ3) is 3.93. The molecule has 4 heterocycles. The molecule has 0 amide bonds. The average molecular weight is 476 g/mol. The summed E-state index contributed by atoms with van der Waals surface area (Å²) >= 11 is 0. The van der Waals surface area contributed by atoms with Crippen LogP contribution in [0.3, 0.4) is 0 Å². The Kier molecular flexibility index (Phi) is 5.17. The van der Waals surface area contributed by atoms with Gasteiger partial charge in [-0.3, -0.25) is 0 Å². The molecule has 5 aromatic rings. The van der Waals surface area contributed by atoms with E-state index in [-0.39, 0.29) is 29.5 Å². The topological polar surface area (TPSA) is 132 Å². The standard InChI is InChI=1S/C23H15F3N8O/c1-12-20(35-11-29-12)18-19(15-7-3-2-5-13(15)10-27)32-22(28)34-21(18)31-17(33-34)9-14-6-4-8-16(30-14)23(24,25)26/h2-8,11H,9H2,1H3,(H2,28,32). The first-order valence-corrected chi connectivity index (χ1v) is 10.2. The number of aromatic nitrogens is 6. The molecule has 35 heavy (non-hydrogen) atoms. The van der Waals surface area contributed by atoms with Gasteiger partial charge in [0.1, 0.15) is 5.69 Å². The zero-order valence-electron chi connectivity index (χ0n) is 18.1. The zero-order chi connectivity index (χ0) is 24.7. The predicted molar refractivity (Wildman–Crippen MR) is 118 cm³/mol. The number of hydrogen-bond acceptors (Lipinski definition) is 8. The molecule has 9 nitrogen and oxygen atoms in total. The molecule has 0 fully saturated rings. The van der Waals surface area contributed by atoms with Crippen molar-refractivity contribution in [2.75, 3.05) is 5.73 Å². The molecule has 0 atom stereocenters. The predicted octanol–water partition coefficient (Wildman–Crippen LogP) is 4.21. The van der Waals surface area contributed by atoms with Gasteiger partial charge < -0.3 is 10.2 Å². The summed E-state index contributed by atoms with van der Waals surface area (Å²) in [6, 6.07) is 12.6. The second-order valence-electron chi connectivity index (χ2n) is 7.57. The Labute approximate surface area is 195 Å². The molecule has 0 aliphatic carbocycles. The van der Waals surface area contributed by atoms with Crippen LogP contribution in [0.4, 0.5) is 19.1 Å². The van der Waals surface area contributed by atoms with E-state index in [1.165, 1.54) is 23.0 Å². The molecular formula is C23H15F3N8O. The van der Waals surface area contributed by atoms with Crippen molar-refractivity contribution in [1.82, 2.24) is 29.5 Å². The van der Waals surface area contributed by atoms with E-state index >= 15 is 0 Å². The largest absolute Gasteiger partial charge is 0.443 e. The van der Waals surface area contributed by atoms with Crippen molar-refractivity contribution in [2.45, 2.75) is 19.5 Å². The summed E-state index contributed by atoms with van der Waals surface area (Å²) in [7, 11) is 0. The van der Waals surface area contributed by atoms with E-state index in [1.807, 2.05) is 0 Å². The van der Waals surface area contributed by atoms with Crippen LogP contribution in [0.25, 0.3) is 28.2 Å². The van der Waals surface area contributed by atoms with E-state index in [0.29, 0.717) is 33.8 Å². The minimum Gasteiger partial charge on any atom is -0.443 e. The number of fused-ring (bicyclic) bond motifs is 1. The molecule has 0 bridgehead atoms. The molecule has 0 radical (unpaired) electrons. The summed E-state index contributed by atoms with van der Waals surface area (Å²) < 4.78 is 46.1. The maximum Gasteiger partial charge on any atom is 0.433 e. The smallest absolute Gasteiger partial charge is 0.433 e. The van der Waals surface area contributed by atoms with Crippen LogP contribution >= 0.6 is 0 Å². The molecule has 12 heteroatoms. The molecule has 0 aliphatic rings. The van der Waals surface area contributed by atoms with Gasteiger partial charge in [0.25, 0.3) is 0 Å². The van der Waals surface area contributed by atoms with Gasteiger partial charge in [0.15, 0.2) is 23.6 Å². The number of nitrogens with zero attached hydrogens (tertiary/aromatic N) is 7. The lowest BCUT2D eigenvalue weighted by Gasteiger charge is -2.11. The minimum absolute atomic E-state index is 0.0283. The van der Waals surface area contributed by atoms with Crippen LogP contribution in [-0.2, 0) is 12.6 Å². The molecule has 1 aromatic carbocycles. The Morgan fingerprint density at radius 3 is 2.60 bits per heavy atom. The first-order valence-electron chi connectivity index (χ1n) is 10.2.